The molecule has 0 amide bonds. The van der Waals surface area contributed by atoms with Crippen molar-refractivity contribution in [3.05, 3.63) is 40.2 Å². The van der Waals surface area contributed by atoms with Gasteiger partial charge in [0, 0.05) is 23.4 Å². The van der Waals surface area contributed by atoms with Gasteiger partial charge in [-0.1, -0.05) is 6.92 Å². The molecule has 2 rings (SSSR count). The van der Waals surface area contributed by atoms with Crippen LogP contribution in [0.5, 0.6) is 5.75 Å². The highest BCUT2D eigenvalue weighted by Crippen LogP contribution is 2.22. The van der Waals surface area contributed by atoms with Crippen LogP contribution in [0, 0.1) is 12.8 Å². The number of rotatable bonds is 6. The van der Waals surface area contributed by atoms with Crippen LogP contribution in [0.2, 0.25) is 0 Å². The SMILES string of the molecule is Cc1cc(=O)oc2cc(OCCC(C)CCCl)ccc12. The van der Waals surface area contributed by atoms with E-state index < -0.39 is 0 Å². The third-order valence-corrected chi connectivity index (χ3v) is 3.62. The average Bonchev–Trinajstić information content (AvgIpc) is 2.38. The van der Waals surface area contributed by atoms with Crippen LogP contribution in [0.3, 0.4) is 0 Å². The van der Waals surface area contributed by atoms with Crippen molar-refractivity contribution in [3.8, 4) is 5.75 Å². The third kappa shape index (κ3) is 3.76. The summed E-state index contributed by atoms with van der Waals surface area (Å²) in [5.41, 5.74) is 1.16. The Balaban J connectivity index is 2.06. The third-order valence-electron chi connectivity index (χ3n) is 3.40. The number of hydrogen-bond acceptors (Lipinski definition) is 3. The first-order valence-electron chi connectivity index (χ1n) is 6.83. The van der Waals surface area contributed by atoms with Crippen LogP contribution in [-0.4, -0.2) is 12.5 Å². The first kappa shape index (κ1) is 14.9. The molecule has 1 aromatic heterocycles. The standard InChI is InChI=1S/C16H19ClO3/c1-11(5-7-17)6-8-19-13-3-4-14-12(2)9-16(18)20-15(14)10-13/h3-4,9-11H,5-8H2,1-2H3. The minimum Gasteiger partial charge on any atom is -0.493 e. The Morgan fingerprint density at radius 3 is 2.85 bits per heavy atom. The number of alkyl halides is 1. The molecule has 108 valence electrons. The summed E-state index contributed by atoms with van der Waals surface area (Å²) in [7, 11) is 0. The molecule has 20 heavy (non-hydrogen) atoms. The van der Waals surface area contributed by atoms with Crippen LogP contribution in [0.1, 0.15) is 25.3 Å². The molecule has 1 aromatic carbocycles. The van der Waals surface area contributed by atoms with E-state index in [1.807, 2.05) is 19.1 Å². The summed E-state index contributed by atoms with van der Waals surface area (Å²) in [5, 5.41) is 0.937. The molecule has 1 unspecified atom stereocenters. The van der Waals surface area contributed by atoms with Crippen LogP contribution in [0.25, 0.3) is 11.0 Å². The first-order chi connectivity index (χ1) is 9.60. The number of hydrogen-bond donors (Lipinski definition) is 0. The van der Waals surface area contributed by atoms with Crippen molar-refractivity contribution < 1.29 is 9.15 Å². The second-order valence-electron chi connectivity index (χ2n) is 5.13. The molecule has 1 heterocycles. The van der Waals surface area contributed by atoms with E-state index >= 15 is 0 Å². The Labute approximate surface area is 123 Å². The number of fused-ring (bicyclic) bond motifs is 1. The first-order valence-corrected chi connectivity index (χ1v) is 7.37. The summed E-state index contributed by atoms with van der Waals surface area (Å²) >= 11 is 5.70. The molecule has 0 radical (unpaired) electrons. The van der Waals surface area contributed by atoms with Gasteiger partial charge in [-0.05, 0) is 43.4 Å². The fraction of sp³-hybridized carbons (Fsp3) is 0.438. The molecule has 0 spiro atoms. The maximum absolute atomic E-state index is 11.4. The summed E-state index contributed by atoms with van der Waals surface area (Å²) in [6.07, 6.45) is 1.96. The highest BCUT2D eigenvalue weighted by molar-refractivity contribution is 6.17. The number of ether oxygens (including phenoxy) is 1. The highest BCUT2D eigenvalue weighted by Gasteiger charge is 2.05. The van der Waals surface area contributed by atoms with E-state index in [4.69, 9.17) is 20.8 Å². The van der Waals surface area contributed by atoms with E-state index in [1.165, 1.54) is 6.07 Å². The van der Waals surface area contributed by atoms with Crippen molar-refractivity contribution in [2.24, 2.45) is 5.92 Å². The van der Waals surface area contributed by atoms with Gasteiger partial charge in [0.1, 0.15) is 11.3 Å². The topological polar surface area (TPSA) is 39.4 Å². The molecule has 0 aliphatic rings. The van der Waals surface area contributed by atoms with Gasteiger partial charge in [0.15, 0.2) is 0 Å². The predicted molar refractivity (Wildman–Crippen MR) is 81.8 cm³/mol. The monoisotopic (exact) mass is 294 g/mol. The van der Waals surface area contributed by atoms with Crippen molar-refractivity contribution in [1.82, 2.24) is 0 Å². The molecule has 0 saturated carbocycles. The van der Waals surface area contributed by atoms with Crippen molar-refractivity contribution in [2.75, 3.05) is 12.5 Å². The number of halogens is 1. The molecule has 0 aliphatic heterocycles. The zero-order valence-corrected chi connectivity index (χ0v) is 12.6. The minimum atomic E-state index is -0.331. The van der Waals surface area contributed by atoms with E-state index in [2.05, 4.69) is 6.92 Å². The Kier molecular flexibility index (Phi) is 5.07. The van der Waals surface area contributed by atoms with Gasteiger partial charge in [0.2, 0.25) is 0 Å². The fourth-order valence-corrected chi connectivity index (χ4v) is 2.48. The predicted octanol–water partition coefficient (Wildman–Crippen LogP) is 4.14. The zero-order chi connectivity index (χ0) is 14.5. The molecular formula is C16H19ClO3. The maximum atomic E-state index is 11.4. The molecular weight excluding hydrogens is 276 g/mol. The lowest BCUT2D eigenvalue weighted by Gasteiger charge is -2.11. The van der Waals surface area contributed by atoms with Gasteiger partial charge in [0.05, 0.1) is 6.61 Å². The zero-order valence-electron chi connectivity index (χ0n) is 11.8. The minimum absolute atomic E-state index is 0.331. The highest BCUT2D eigenvalue weighted by atomic mass is 35.5. The van der Waals surface area contributed by atoms with E-state index in [0.717, 1.165) is 29.5 Å². The Hall–Kier alpha value is -1.48. The lowest BCUT2D eigenvalue weighted by atomic mass is 10.1. The van der Waals surface area contributed by atoms with E-state index in [9.17, 15) is 4.79 Å². The lowest BCUT2D eigenvalue weighted by molar-refractivity contribution is 0.282. The van der Waals surface area contributed by atoms with Gasteiger partial charge in [-0.25, -0.2) is 4.79 Å². The number of aryl methyl sites for hydroxylation is 1. The van der Waals surface area contributed by atoms with Gasteiger partial charge in [-0.15, -0.1) is 11.6 Å². The van der Waals surface area contributed by atoms with Crippen LogP contribution >= 0.6 is 11.6 Å². The Bertz CT molecular complexity index is 633. The van der Waals surface area contributed by atoms with Crippen molar-refractivity contribution >= 4 is 22.6 Å². The summed E-state index contributed by atoms with van der Waals surface area (Å²) in [5.74, 6) is 1.96. The van der Waals surface area contributed by atoms with Gasteiger partial charge in [-0.2, -0.15) is 0 Å². The summed E-state index contributed by atoms with van der Waals surface area (Å²) in [6, 6.07) is 7.10. The second kappa shape index (κ2) is 6.80. The molecule has 1 atom stereocenters. The Morgan fingerprint density at radius 2 is 2.10 bits per heavy atom. The molecule has 0 fully saturated rings. The van der Waals surface area contributed by atoms with Gasteiger partial charge in [0.25, 0.3) is 0 Å². The summed E-state index contributed by atoms with van der Waals surface area (Å²) in [4.78, 5) is 11.4. The van der Waals surface area contributed by atoms with Crippen LogP contribution in [-0.2, 0) is 0 Å². The largest absolute Gasteiger partial charge is 0.493 e. The molecule has 2 aromatic rings. The van der Waals surface area contributed by atoms with E-state index in [1.54, 1.807) is 6.07 Å². The van der Waals surface area contributed by atoms with E-state index in [-0.39, 0.29) is 5.63 Å². The average molecular weight is 295 g/mol. The maximum Gasteiger partial charge on any atom is 0.336 e. The molecule has 4 heteroatoms. The van der Waals surface area contributed by atoms with Crippen molar-refractivity contribution in [2.45, 2.75) is 26.7 Å². The molecule has 3 nitrogen and oxygen atoms in total. The van der Waals surface area contributed by atoms with Crippen LogP contribution < -0.4 is 10.4 Å². The molecule has 0 saturated heterocycles. The summed E-state index contributed by atoms with van der Waals surface area (Å²) in [6.45, 7) is 4.70. The van der Waals surface area contributed by atoms with E-state index in [0.29, 0.717) is 24.0 Å². The van der Waals surface area contributed by atoms with Gasteiger partial charge >= 0.3 is 5.63 Å². The number of benzene rings is 1. The van der Waals surface area contributed by atoms with Crippen molar-refractivity contribution in [1.29, 1.82) is 0 Å². The van der Waals surface area contributed by atoms with Gasteiger partial charge < -0.3 is 9.15 Å². The van der Waals surface area contributed by atoms with Gasteiger partial charge in [-0.3, -0.25) is 0 Å². The molecule has 0 aliphatic carbocycles. The molecule has 0 bridgehead atoms. The van der Waals surface area contributed by atoms with Crippen molar-refractivity contribution in [3.63, 3.8) is 0 Å². The quantitative estimate of drug-likeness (QED) is 0.594. The smallest absolute Gasteiger partial charge is 0.336 e. The summed E-state index contributed by atoms with van der Waals surface area (Å²) < 4.78 is 10.9. The lowest BCUT2D eigenvalue weighted by Crippen LogP contribution is -2.05. The normalized spacial score (nSPS) is 12.6. The van der Waals surface area contributed by atoms with Crippen LogP contribution in [0.15, 0.2) is 33.5 Å². The second-order valence-corrected chi connectivity index (χ2v) is 5.50. The fourth-order valence-electron chi connectivity index (χ4n) is 2.10. The molecule has 0 N–H and O–H groups in total. The Morgan fingerprint density at radius 1 is 1.30 bits per heavy atom. The van der Waals surface area contributed by atoms with Crippen LogP contribution in [0.4, 0.5) is 0 Å².